The van der Waals surface area contributed by atoms with E-state index in [9.17, 15) is 0 Å². The predicted molar refractivity (Wildman–Crippen MR) is 56.1 cm³/mol. The van der Waals surface area contributed by atoms with Crippen LogP contribution in [0.2, 0.25) is 0 Å². The van der Waals surface area contributed by atoms with Crippen molar-refractivity contribution >= 4 is 5.90 Å². The minimum Gasteiger partial charge on any atom is -0.484 e. The molecule has 1 heterocycles. The average molecular weight is 187 g/mol. The molecule has 0 unspecified atom stereocenters. The van der Waals surface area contributed by atoms with Crippen LogP contribution in [0.1, 0.15) is 0 Å². The third kappa shape index (κ3) is 0.939. The Bertz CT molecular complexity index is 365. The second kappa shape index (κ2) is 2.84. The second-order valence-electron chi connectivity index (χ2n) is 4.00. The van der Waals surface area contributed by atoms with Crippen LogP contribution in [-0.4, -0.2) is 19.0 Å². The van der Waals surface area contributed by atoms with Crippen molar-refractivity contribution in [3.8, 4) is 0 Å². The molecular weight excluding hydrogens is 174 g/mol. The maximum Gasteiger partial charge on any atom is 0.188 e. The molecule has 2 nitrogen and oxygen atoms in total. The van der Waals surface area contributed by atoms with Crippen molar-refractivity contribution in [2.24, 2.45) is 22.7 Å². The van der Waals surface area contributed by atoms with Crippen molar-refractivity contribution in [3.63, 3.8) is 0 Å². The summed E-state index contributed by atoms with van der Waals surface area (Å²) in [5.41, 5.74) is 0. The minimum absolute atomic E-state index is 0.308. The molecular formula is C12H13NO. The van der Waals surface area contributed by atoms with Crippen molar-refractivity contribution in [1.29, 1.82) is 0 Å². The van der Waals surface area contributed by atoms with Gasteiger partial charge in [0.15, 0.2) is 5.90 Å². The highest BCUT2D eigenvalue weighted by Gasteiger charge is 2.43. The van der Waals surface area contributed by atoms with E-state index in [4.69, 9.17) is 4.74 Å². The van der Waals surface area contributed by atoms with Gasteiger partial charge >= 0.3 is 0 Å². The summed E-state index contributed by atoms with van der Waals surface area (Å²) >= 11 is 0. The summed E-state index contributed by atoms with van der Waals surface area (Å²) in [5.74, 6) is 2.33. The fraction of sp³-hybridized carbons (Fsp3) is 0.417. The highest BCUT2D eigenvalue weighted by atomic mass is 16.5. The van der Waals surface area contributed by atoms with Crippen LogP contribution in [0.5, 0.6) is 0 Å². The Labute approximate surface area is 83.7 Å². The monoisotopic (exact) mass is 187 g/mol. The summed E-state index contributed by atoms with van der Waals surface area (Å²) < 4.78 is 5.36. The van der Waals surface area contributed by atoms with Crippen molar-refractivity contribution in [2.75, 3.05) is 7.11 Å². The number of nitrogens with zero attached hydrogens (tertiary/aromatic N) is 1. The van der Waals surface area contributed by atoms with Crippen molar-refractivity contribution in [2.45, 2.75) is 6.04 Å². The summed E-state index contributed by atoms with van der Waals surface area (Å²) in [6.07, 6.45) is 13.2. The highest BCUT2D eigenvalue weighted by molar-refractivity contribution is 5.83. The van der Waals surface area contributed by atoms with Crippen molar-refractivity contribution in [3.05, 3.63) is 36.5 Å². The maximum absolute atomic E-state index is 5.36. The molecule has 2 aliphatic carbocycles. The number of allylic oxidation sites excluding steroid dienone is 4. The number of hydrogen-bond acceptors (Lipinski definition) is 2. The van der Waals surface area contributed by atoms with Gasteiger partial charge in [0.05, 0.1) is 19.1 Å². The lowest BCUT2D eigenvalue weighted by molar-refractivity contribution is 0.335. The summed E-state index contributed by atoms with van der Waals surface area (Å²) in [6.45, 7) is 0. The molecule has 3 rings (SSSR count). The van der Waals surface area contributed by atoms with E-state index in [1.165, 1.54) is 0 Å². The van der Waals surface area contributed by atoms with E-state index >= 15 is 0 Å². The zero-order valence-corrected chi connectivity index (χ0v) is 8.13. The Morgan fingerprint density at radius 2 is 2.00 bits per heavy atom. The SMILES string of the molecule is COC1=N[C@H]2C=C[C@@H]3C=CC=C[C@H]2[C@H]13. The van der Waals surface area contributed by atoms with Gasteiger partial charge in [0.2, 0.25) is 0 Å². The summed E-state index contributed by atoms with van der Waals surface area (Å²) in [7, 11) is 1.72. The van der Waals surface area contributed by atoms with Gasteiger partial charge in [-0.25, -0.2) is 4.99 Å². The normalized spacial score (nSPS) is 42.2. The fourth-order valence-corrected chi connectivity index (χ4v) is 2.64. The third-order valence-electron chi connectivity index (χ3n) is 3.30. The fourth-order valence-electron chi connectivity index (χ4n) is 2.64. The van der Waals surface area contributed by atoms with Crippen LogP contribution in [-0.2, 0) is 4.74 Å². The molecule has 4 atom stereocenters. The van der Waals surface area contributed by atoms with Gasteiger partial charge in [0, 0.05) is 11.8 Å². The van der Waals surface area contributed by atoms with Gasteiger partial charge in [0.1, 0.15) is 0 Å². The van der Waals surface area contributed by atoms with Gasteiger partial charge in [-0.1, -0.05) is 36.5 Å². The van der Waals surface area contributed by atoms with Crippen LogP contribution in [0.3, 0.4) is 0 Å². The topological polar surface area (TPSA) is 21.6 Å². The van der Waals surface area contributed by atoms with Crippen LogP contribution >= 0.6 is 0 Å². The van der Waals surface area contributed by atoms with E-state index in [0.717, 1.165) is 5.90 Å². The molecule has 0 aromatic heterocycles. The molecule has 0 spiro atoms. The molecule has 72 valence electrons. The lowest BCUT2D eigenvalue weighted by Gasteiger charge is -2.27. The van der Waals surface area contributed by atoms with Gasteiger partial charge < -0.3 is 4.74 Å². The molecule has 1 aliphatic heterocycles. The third-order valence-corrected chi connectivity index (χ3v) is 3.30. The van der Waals surface area contributed by atoms with E-state index < -0.39 is 0 Å². The molecule has 0 saturated heterocycles. The standard InChI is InChI=1S/C12H13NO/c1-14-12-11-8-4-2-3-5-9(11)10(13-12)7-6-8/h2-11H,1H3/t8-,9+,10-,11+/m0/s1. The molecule has 0 amide bonds. The number of aliphatic imine (C=N–C) groups is 1. The lowest BCUT2D eigenvalue weighted by atomic mass is 9.76. The van der Waals surface area contributed by atoms with E-state index in [0.29, 0.717) is 23.8 Å². The molecule has 4 bridgehead atoms. The molecule has 0 saturated carbocycles. The molecule has 0 aromatic rings. The molecule has 3 aliphatic rings. The zero-order chi connectivity index (χ0) is 9.54. The maximum atomic E-state index is 5.36. The zero-order valence-electron chi connectivity index (χ0n) is 8.13. The van der Waals surface area contributed by atoms with E-state index in [2.05, 4.69) is 41.4 Å². The molecule has 14 heavy (non-hydrogen) atoms. The predicted octanol–water partition coefficient (Wildman–Crippen LogP) is 1.96. The average Bonchev–Trinajstić information content (AvgIpc) is 2.35. The first-order chi connectivity index (χ1) is 6.90. The Morgan fingerprint density at radius 1 is 1.14 bits per heavy atom. The summed E-state index contributed by atoms with van der Waals surface area (Å²) in [6, 6.07) is 0.308. The Hall–Kier alpha value is -1.31. The van der Waals surface area contributed by atoms with Gasteiger partial charge in [-0.15, -0.1) is 0 Å². The molecule has 2 heteroatoms. The van der Waals surface area contributed by atoms with Crippen LogP contribution in [0.15, 0.2) is 41.4 Å². The Balaban J connectivity index is 2.08. The molecule has 0 fully saturated rings. The Morgan fingerprint density at radius 3 is 2.86 bits per heavy atom. The van der Waals surface area contributed by atoms with E-state index in [-0.39, 0.29) is 0 Å². The minimum atomic E-state index is 0.308. The first-order valence-corrected chi connectivity index (χ1v) is 5.05. The van der Waals surface area contributed by atoms with Crippen LogP contribution in [0.4, 0.5) is 0 Å². The van der Waals surface area contributed by atoms with E-state index in [1.54, 1.807) is 7.11 Å². The summed E-state index contributed by atoms with van der Waals surface area (Å²) in [4.78, 5) is 4.58. The van der Waals surface area contributed by atoms with Gasteiger partial charge in [-0.3, -0.25) is 0 Å². The molecule has 0 N–H and O–H groups in total. The van der Waals surface area contributed by atoms with Crippen molar-refractivity contribution in [1.82, 2.24) is 0 Å². The van der Waals surface area contributed by atoms with Gasteiger partial charge in [-0.05, 0) is 0 Å². The largest absolute Gasteiger partial charge is 0.484 e. The van der Waals surface area contributed by atoms with E-state index in [1.807, 2.05) is 0 Å². The first-order valence-electron chi connectivity index (χ1n) is 5.05. The smallest absolute Gasteiger partial charge is 0.188 e. The summed E-state index contributed by atoms with van der Waals surface area (Å²) in [5, 5.41) is 0. The van der Waals surface area contributed by atoms with Crippen molar-refractivity contribution < 1.29 is 4.74 Å². The highest BCUT2D eigenvalue weighted by Crippen LogP contribution is 2.41. The Kier molecular flexibility index (Phi) is 1.63. The number of rotatable bonds is 0. The quantitative estimate of drug-likeness (QED) is 0.531. The first kappa shape index (κ1) is 8.04. The molecule has 0 aromatic carbocycles. The number of ether oxygens (including phenoxy) is 1. The lowest BCUT2D eigenvalue weighted by Crippen LogP contribution is -2.30. The number of hydrogen-bond donors (Lipinski definition) is 0. The number of methoxy groups -OCH3 is 1. The molecule has 0 radical (unpaired) electrons. The van der Waals surface area contributed by atoms with Crippen LogP contribution in [0.25, 0.3) is 0 Å². The van der Waals surface area contributed by atoms with Gasteiger partial charge in [0.25, 0.3) is 0 Å². The van der Waals surface area contributed by atoms with Gasteiger partial charge in [-0.2, -0.15) is 0 Å². The van der Waals surface area contributed by atoms with Crippen LogP contribution < -0.4 is 0 Å². The second-order valence-corrected chi connectivity index (χ2v) is 4.00. The van der Waals surface area contributed by atoms with Crippen LogP contribution in [0, 0.1) is 17.8 Å².